The van der Waals surface area contributed by atoms with Gasteiger partial charge in [-0.1, -0.05) is 18.9 Å². The molecule has 134 valence electrons. The van der Waals surface area contributed by atoms with Gasteiger partial charge in [-0.05, 0) is 49.5 Å². The van der Waals surface area contributed by atoms with Crippen LogP contribution in [0.25, 0.3) is 0 Å². The van der Waals surface area contributed by atoms with Crippen molar-refractivity contribution in [3.8, 4) is 0 Å². The van der Waals surface area contributed by atoms with Crippen LogP contribution in [0.1, 0.15) is 49.8 Å². The van der Waals surface area contributed by atoms with E-state index in [-0.39, 0.29) is 5.41 Å². The number of hydrogen-bond acceptors (Lipinski definition) is 4. The van der Waals surface area contributed by atoms with Crippen molar-refractivity contribution in [3.63, 3.8) is 0 Å². The van der Waals surface area contributed by atoms with Crippen LogP contribution in [0.2, 0.25) is 0 Å². The van der Waals surface area contributed by atoms with Crippen LogP contribution in [-0.2, 0) is 16.0 Å². The SMILES string of the molecule is c1csc(CN2CCC3OCCCC3(COCC3CCCC3)C2)c1. The number of hydrogen-bond donors (Lipinski definition) is 0. The molecular formula is C20H31NO2S. The molecule has 0 radical (unpaired) electrons. The van der Waals surface area contributed by atoms with Crippen LogP contribution in [0.15, 0.2) is 17.5 Å². The smallest absolute Gasteiger partial charge is 0.0677 e. The molecule has 24 heavy (non-hydrogen) atoms. The first-order chi connectivity index (χ1) is 11.8. The molecule has 0 N–H and O–H groups in total. The molecule has 2 aliphatic heterocycles. The van der Waals surface area contributed by atoms with Gasteiger partial charge in [0.2, 0.25) is 0 Å². The number of thiophene rings is 1. The molecule has 0 bridgehead atoms. The second kappa shape index (κ2) is 7.86. The Morgan fingerprint density at radius 3 is 3.00 bits per heavy atom. The first-order valence-electron chi connectivity index (χ1n) is 9.78. The number of fused-ring (bicyclic) bond motifs is 1. The van der Waals surface area contributed by atoms with Crippen LogP contribution in [0.5, 0.6) is 0 Å². The predicted molar refractivity (Wildman–Crippen MR) is 98.4 cm³/mol. The second-order valence-corrected chi connectivity index (χ2v) is 9.10. The van der Waals surface area contributed by atoms with Crippen molar-refractivity contribution in [2.75, 3.05) is 32.9 Å². The number of likely N-dealkylation sites (tertiary alicyclic amines) is 1. The summed E-state index contributed by atoms with van der Waals surface area (Å²) in [5.74, 6) is 0.815. The summed E-state index contributed by atoms with van der Waals surface area (Å²) in [7, 11) is 0. The molecule has 4 rings (SSSR count). The van der Waals surface area contributed by atoms with E-state index >= 15 is 0 Å². The number of piperidine rings is 1. The van der Waals surface area contributed by atoms with E-state index in [0.29, 0.717) is 6.10 Å². The zero-order chi connectivity index (χ0) is 16.2. The monoisotopic (exact) mass is 349 g/mol. The molecule has 1 aliphatic carbocycles. The summed E-state index contributed by atoms with van der Waals surface area (Å²) in [4.78, 5) is 4.11. The van der Waals surface area contributed by atoms with Gasteiger partial charge in [-0.15, -0.1) is 11.3 Å². The Labute approximate surface area is 150 Å². The highest BCUT2D eigenvalue weighted by molar-refractivity contribution is 7.09. The van der Waals surface area contributed by atoms with Crippen molar-refractivity contribution in [3.05, 3.63) is 22.4 Å². The molecule has 1 aromatic rings. The summed E-state index contributed by atoms with van der Waals surface area (Å²) in [6.45, 7) is 6.20. The highest BCUT2D eigenvalue weighted by atomic mass is 32.1. The quantitative estimate of drug-likeness (QED) is 0.763. The van der Waals surface area contributed by atoms with E-state index in [0.717, 1.165) is 51.8 Å². The summed E-state index contributed by atoms with van der Waals surface area (Å²) in [5.41, 5.74) is 0.229. The summed E-state index contributed by atoms with van der Waals surface area (Å²) < 4.78 is 12.5. The first-order valence-corrected chi connectivity index (χ1v) is 10.7. The summed E-state index contributed by atoms with van der Waals surface area (Å²) >= 11 is 1.88. The largest absolute Gasteiger partial charge is 0.380 e. The lowest BCUT2D eigenvalue weighted by Crippen LogP contribution is -2.56. The molecule has 4 heteroatoms. The minimum Gasteiger partial charge on any atom is -0.380 e. The lowest BCUT2D eigenvalue weighted by Gasteiger charge is -2.50. The highest BCUT2D eigenvalue weighted by Gasteiger charge is 2.46. The fourth-order valence-electron chi connectivity index (χ4n) is 4.96. The minimum absolute atomic E-state index is 0.229. The number of nitrogens with zero attached hydrogens (tertiary/aromatic N) is 1. The number of rotatable bonds is 6. The van der Waals surface area contributed by atoms with Crippen molar-refractivity contribution in [1.82, 2.24) is 4.90 Å². The van der Waals surface area contributed by atoms with E-state index in [9.17, 15) is 0 Å². The lowest BCUT2D eigenvalue weighted by atomic mass is 9.73. The molecule has 0 amide bonds. The topological polar surface area (TPSA) is 21.7 Å². The van der Waals surface area contributed by atoms with Crippen molar-refractivity contribution in [2.24, 2.45) is 11.3 Å². The average Bonchev–Trinajstić information content (AvgIpc) is 3.28. The zero-order valence-corrected chi connectivity index (χ0v) is 15.6. The van der Waals surface area contributed by atoms with E-state index < -0.39 is 0 Å². The second-order valence-electron chi connectivity index (χ2n) is 8.07. The molecule has 3 aliphatic rings. The molecule has 0 aromatic carbocycles. The van der Waals surface area contributed by atoms with Crippen LogP contribution in [0.3, 0.4) is 0 Å². The molecule has 2 atom stereocenters. The van der Waals surface area contributed by atoms with Gasteiger partial charge in [-0.2, -0.15) is 0 Å². The van der Waals surface area contributed by atoms with Gasteiger partial charge >= 0.3 is 0 Å². The molecule has 3 nitrogen and oxygen atoms in total. The Hall–Kier alpha value is -0.420. The van der Waals surface area contributed by atoms with E-state index in [4.69, 9.17) is 9.47 Å². The van der Waals surface area contributed by atoms with Gasteiger partial charge in [0.1, 0.15) is 0 Å². The van der Waals surface area contributed by atoms with Gasteiger partial charge in [0, 0.05) is 43.1 Å². The van der Waals surface area contributed by atoms with Crippen molar-refractivity contribution in [2.45, 2.75) is 57.6 Å². The third kappa shape index (κ3) is 3.87. The minimum atomic E-state index is 0.229. The molecule has 1 aromatic heterocycles. The third-order valence-corrected chi connectivity index (χ3v) is 7.11. The molecule has 3 fully saturated rings. The maximum absolute atomic E-state index is 6.30. The summed E-state index contributed by atoms with van der Waals surface area (Å²) in [6.07, 6.45) is 9.58. The molecule has 0 spiro atoms. The molecule has 2 saturated heterocycles. The molecule has 2 unspecified atom stereocenters. The summed E-state index contributed by atoms with van der Waals surface area (Å²) in [6, 6.07) is 4.42. The Bertz CT molecular complexity index is 500. The highest BCUT2D eigenvalue weighted by Crippen LogP contribution is 2.41. The average molecular weight is 350 g/mol. The summed E-state index contributed by atoms with van der Waals surface area (Å²) in [5, 5.41) is 2.19. The van der Waals surface area contributed by atoms with Gasteiger partial charge < -0.3 is 9.47 Å². The molecule has 1 saturated carbocycles. The normalized spacial score (nSPS) is 32.1. The van der Waals surface area contributed by atoms with Crippen LogP contribution >= 0.6 is 11.3 Å². The van der Waals surface area contributed by atoms with Crippen LogP contribution < -0.4 is 0 Å². The van der Waals surface area contributed by atoms with E-state index in [2.05, 4.69) is 22.4 Å². The van der Waals surface area contributed by atoms with E-state index in [1.807, 2.05) is 11.3 Å². The molecular weight excluding hydrogens is 318 g/mol. The van der Waals surface area contributed by atoms with Crippen molar-refractivity contribution < 1.29 is 9.47 Å². The Balaban J connectivity index is 1.37. The third-order valence-electron chi connectivity index (χ3n) is 6.24. The van der Waals surface area contributed by atoms with Crippen LogP contribution in [-0.4, -0.2) is 43.9 Å². The van der Waals surface area contributed by atoms with Gasteiger partial charge in [-0.3, -0.25) is 4.90 Å². The molecule has 3 heterocycles. The van der Waals surface area contributed by atoms with Gasteiger partial charge in [-0.25, -0.2) is 0 Å². The van der Waals surface area contributed by atoms with E-state index in [1.54, 1.807) is 0 Å². The van der Waals surface area contributed by atoms with Gasteiger partial charge in [0.25, 0.3) is 0 Å². The van der Waals surface area contributed by atoms with Crippen LogP contribution in [0, 0.1) is 11.3 Å². The van der Waals surface area contributed by atoms with Gasteiger partial charge in [0.15, 0.2) is 0 Å². The van der Waals surface area contributed by atoms with Crippen molar-refractivity contribution in [1.29, 1.82) is 0 Å². The standard InChI is InChI=1S/C20H31NO2S/c1-2-6-17(5-1)14-22-16-20-9-4-11-23-19(20)8-10-21(15-20)13-18-7-3-12-24-18/h3,7,12,17,19H,1-2,4-6,8-11,13-16H2. The van der Waals surface area contributed by atoms with Crippen molar-refractivity contribution >= 4 is 11.3 Å². The fraction of sp³-hybridized carbons (Fsp3) is 0.800. The first kappa shape index (κ1) is 17.0. The Morgan fingerprint density at radius 1 is 1.25 bits per heavy atom. The Kier molecular flexibility index (Phi) is 5.57. The number of ether oxygens (including phenoxy) is 2. The van der Waals surface area contributed by atoms with Gasteiger partial charge in [0.05, 0.1) is 12.7 Å². The Morgan fingerprint density at radius 2 is 2.17 bits per heavy atom. The maximum Gasteiger partial charge on any atom is 0.0677 e. The fourth-order valence-corrected chi connectivity index (χ4v) is 5.70. The zero-order valence-electron chi connectivity index (χ0n) is 14.8. The lowest BCUT2D eigenvalue weighted by molar-refractivity contribution is -0.155. The van der Waals surface area contributed by atoms with E-state index in [1.165, 1.54) is 43.4 Å². The van der Waals surface area contributed by atoms with Crippen LogP contribution in [0.4, 0.5) is 0 Å². The predicted octanol–water partition coefficient (Wildman–Crippen LogP) is 4.33. The maximum atomic E-state index is 6.30.